The van der Waals surface area contributed by atoms with Gasteiger partial charge in [0.15, 0.2) is 13.2 Å². The van der Waals surface area contributed by atoms with E-state index in [9.17, 15) is 31.1 Å². The Bertz CT molecular complexity index is 1300. The van der Waals surface area contributed by atoms with Gasteiger partial charge in [-0.2, -0.15) is 26.3 Å². The number of hydrogen-bond acceptors (Lipinski definition) is 4. The van der Waals surface area contributed by atoms with Crippen molar-refractivity contribution in [3.63, 3.8) is 0 Å². The van der Waals surface area contributed by atoms with Crippen molar-refractivity contribution in [1.82, 2.24) is 0 Å². The summed E-state index contributed by atoms with van der Waals surface area (Å²) in [6, 6.07) is 12.6. The minimum atomic E-state index is -5.85. The SMILES string of the molecule is C=CC(=O)OCC(F)(F)C(F)(F)C(F)(F)COc1ccc2cc(-c3ccc(CCCCC)cc3CC)sc2c1. The maximum absolute atomic E-state index is 14.2. The summed E-state index contributed by atoms with van der Waals surface area (Å²) in [5, 5.41) is 0.795. The first kappa shape index (κ1) is 30.5. The third-order valence-electron chi connectivity index (χ3n) is 6.28. The Balaban J connectivity index is 1.76. The van der Waals surface area contributed by atoms with Crippen LogP contribution in [0.1, 0.15) is 44.2 Å². The molecule has 0 aliphatic heterocycles. The molecule has 0 saturated heterocycles. The fourth-order valence-corrected chi connectivity index (χ4v) is 5.14. The van der Waals surface area contributed by atoms with Crippen molar-refractivity contribution >= 4 is 27.4 Å². The number of ether oxygens (including phenoxy) is 2. The summed E-state index contributed by atoms with van der Waals surface area (Å²) in [6.07, 6.45) is 5.71. The summed E-state index contributed by atoms with van der Waals surface area (Å²) in [7, 11) is 0. The summed E-state index contributed by atoms with van der Waals surface area (Å²) in [5.41, 5.74) is 3.49. The Morgan fingerprint density at radius 2 is 1.67 bits per heavy atom. The lowest BCUT2D eigenvalue weighted by atomic mass is 9.98. The van der Waals surface area contributed by atoms with Crippen LogP contribution in [0.25, 0.3) is 20.5 Å². The smallest absolute Gasteiger partial charge is 0.378 e. The highest BCUT2D eigenvalue weighted by Gasteiger charge is 2.72. The number of halogens is 6. The number of fused-ring (bicyclic) bond motifs is 1. The fraction of sp³-hybridized carbons (Fsp3) is 0.414. The number of esters is 1. The summed E-state index contributed by atoms with van der Waals surface area (Å²) >= 11 is 1.38. The number of carbonyl (C=O) groups is 1. The molecule has 39 heavy (non-hydrogen) atoms. The van der Waals surface area contributed by atoms with E-state index in [-0.39, 0.29) is 5.75 Å². The van der Waals surface area contributed by atoms with Gasteiger partial charge in [-0.3, -0.25) is 0 Å². The molecule has 3 aromatic rings. The minimum absolute atomic E-state index is 0.172. The molecule has 3 rings (SSSR count). The van der Waals surface area contributed by atoms with Crippen LogP contribution in [0.15, 0.2) is 55.1 Å². The van der Waals surface area contributed by atoms with E-state index >= 15 is 0 Å². The molecule has 1 aromatic heterocycles. The lowest BCUT2D eigenvalue weighted by molar-refractivity contribution is -0.322. The number of rotatable bonds is 14. The molecule has 0 radical (unpaired) electrons. The highest BCUT2D eigenvalue weighted by Crippen LogP contribution is 2.46. The molecule has 0 spiro atoms. The van der Waals surface area contributed by atoms with E-state index in [0.717, 1.165) is 41.5 Å². The lowest BCUT2D eigenvalue weighted by Gasteiger charge is -2.32. The van der Waals surface area contributed by atoms with E-state index in [1.807, 2.05) is 6.07 Å². The second kappa shape index (κ2) is 12.4. The molecule has 0 N–H and O–H groups in total. The average Bonchev–Trinajstić information content (AvgIpc) is 3.33. The van der Waals surface area contributed by atoms with Gasteiger partial charge in [-0.25, -0.2) is 4.79 Å². The van der Waals surface area contributed by atoms with Crippen LogP contribution in [0.4, 0.5) is 26.3 Å². The molecule has 0 fully saturated rings. The summed E-state index contributed by atoms with van der Waals surface area (Å²) < 4.78 is 93.7. The molecule has 1 heterocycles. The van der Waals surface area contributed by atoms with E-state index in [1.165, 1.54) is 41.0 Å². The van der Waals surface area contributed by atoms with Crippen molar-refractivity contribution in [2.45, 2.75) is 63.7 Å². The Morgan fingerprint density at radius 3 is 2.33 bits per heavy atom. The monoisotopic (exact) mass is 572 g/mol. The molecule has 212 valence electrons. The van der Waals surface area contributed by atoms with Gasteiger partial charge in [0.25, 0.3) is 0 Å². The predicted octanol–water partition coefficient (Wildman–Crippen LogP) is 8.88. The van der Waals surface area contributed by atoms with Crippen LogP contribution in [0, 0.1) is 0 Å². The molecule has 0 unspecified atom stereocenters. The lowest BCUT2D eigenvalue weighted by Crippen LogP contribution is -2.58. The number of alkyl halides is 6. The Morgan fingerprint density at radius 1 is 0.949 bits per heavy atom. The van der Waals surface area contributed by atoms with Gasteiger partial charge < -0.3 is 9.47 Å². The molecule has 3 nitrogen and oxygen atoms in total. The molecular weight excluding hydrogens is 542 g/mol. The first-order chi connectivity index (χ1) is 18.3. The van der Waals surface area contributed by atoms with Crippen molar-refractivity contribution in [3.05, 3.63) is 66.2 Å². The van der Waals surface area contributed by atoms with E-state index in [0.29, 0.717) is 10.8 Å². The highest BCUT2D eigenvalue weighted by molar-refractivity contribution is 7.22. The number of aryl methyl sites for hydroxylation is 2. The van der Waals surface area contributed by atoms with E-state index in [1.54, 1.807) is 6.07 Å². The summed E-state index contributed by atoms with van der Waals surface area (Å²) in [6.45, 7) is 2.91. The van der Waals surface area contributed by atoms with E-state index < -0.39 is 37.0 Å². The van der Waals surface area contributed by atoms with Crippen LogP contribution in [-0.4, -0.2) is 37.0 Å². The van der Waals surface area contributed by atoms with Crippen molar-refractivity contribution in [3.8, 4) is 16.2 Å². The molecular formula is C29H30F6O3S. The van der Waals surface area contributed by atoms with Gasteiger partial charge in [0.2, 0.25) is 0 Å². The highest BCUT2D eigenvalue weighted by atomic mass is 32.1. The van der Waals surface area contributed by atoms with Gasteiger partial charge in [-0.15, -0.1) is 11.3 Å². The number of unbranched alkanes of at least 4 members (excludes halogenated alkanes) is 2. The quantitative estimate of drug-likeness (QED) is 0.0838. The maximum Gasteiger partial charge on any atom is 0.378 e. The zero-order valence-electron chi connectivity index (χ0n) is 21.7. The normalized spacial score (nSPS) is 12.5. The largest absolute Gasteiger partial charge is 0.487 e. The van der Waals surface area contributed by atoms with Gasteiger partial charge in [0, 0.05) is 15.7 Å². The number of thiophene rings is 1. The molecule has 0 atom stereocenters. The van der Waals surface area contributed by atoms with Crippen LogP contribution in [0.5, 0.6) is 5.75 Å². The molecule has 0 bridgehead atoms. The standard InChI is InChI=1S/C29H30F6O3S/c1-4-7-8-9-19-10-13-23(20(5-2)14-19)25-15-21-11-12-22(16-24(21)39-25)37-17-27(30,31)29(34,35)28(32,33)18-38-26(36)6-3/h6,10-16H,3-5,7-9,17-18H2,1-2H3. The first-order valence-corrected chi connectivity index (χ1v) is 13.4. The van der Waals surface area contributed by atoms with Crippen LogP contribution >= 0.6 is 11.3 Å². The molecule has 2 aromatic carbocycles. The minimum Gasteiger partial charge on any atom is -0.487 e. The second-order valence-corrected chi connectivity index (χ2v) is 10.3. The Hall–Kier alpha value is -3.01. The third-order valence-corrected chi connectivity index (χ3v) is 7.41. The van der Waals surface area contributed by atoms with Crippen molar-refractivity contribution in [2.75, 3.05) is 13.2 Å². The zero-order valence-corrected chi connectivity index (χ0v) is 22.5. The van der Waals surface area contributed by atoms with Gasteiger partial charge in [0.1, 0.15) is 5.75 Å². The van der Waals surface area contributed by atoms with Crippen LogP contribution in [-0.2, 0) is 22.4 Å². The Labute approximate surface area is 227 Å². The Kier molecular flexibility index (Phi) is 9.74. The second-order valence-electron chi connectivity index (χ2n) is 9.20. The van der Waals surface area contributed by atoms with Gasteiger partial charge in [-0.1, -0.05) is 51.5 Å². The van der Waals surface area contributed by atoms with Gasteiger partial charge in [0.05, 0.1) is 0 Å². The fourth-order valence-electron chi connectivity index (χ4n) is 3.99. The molecule has 0 amide bonds. The van der Waals surface area contributed by atoms with Crippen LogP contribution in [0.3, 0.4) is 0 Å². The number of carbonyl (C=O) groups excluding carboxylic acids is 1. The number of hydrogen-bond donors (Lipinski definition) is 0. The molecule has 10 heteroatoms. The average molecular weight is 573 g/mol. The van der Waals surface area contributed by atoms with Crippen LogP contribution < -0.4 is 4.74 Å². The topological polar surface area (TPSA) is 35.5 Å². The summed E-state index contributed by atoms with van der Waals surface area (Å²) in [4.78, 5) is 11.9. The third kappa shape index (κ3) is 6.96. The summed E-state index contributed by atoms with van der Waals surface area (Å²) in [5.74, 6) is -18.1. The van der Waals surface area contributed by atoms with E-state index in [2.05, 4.69) is 43.4 Å². The first-order valence-electron chi connectivity index (χ1n) is 12.6. The molecule has 0 aliphatic carbocycles. The van der Waals surface area contributed by atoms with Gasteiger partial charge >= 0.3 is 23.7 Å². The van der Waals surface area contributed by atoms with E-state index in [4.69, 9.17) is 4.74 Å². The predicted molar refractivity (Wildman–Crippen MR) is 141 cm³/mol. The van der Waals surface area contributed by atoms with Crippen molar-refractivity contribution in [2.24, 2.45) is 0 Å². The molecule has 0 saturated carbocycles. The number of benzene rings is 2. The molecule has 0 aliphatic rings. The van der Waals surface area contributed by atoms with Crippen molar-refractivity contribution < 1.29 is 40.6 Å². The van der Waals surface area contributed by atoms with Gasteiger partial charge in [-0.05, 0) is 65.6 Å². The maximum atomic E-state index is 14.2. The van der Waals surface area contributed by atoms with Crippen molar-refractivity contribution in [1.29, 1.82) is 0 Å². The zero-order chi connectivity index (χ0) is 28.8. The van der Waals surface area contributed by atoms with Crippen LogP contribution in [0.2, 0.25) is 0 Å².